The molecule has 2 amide bonds. The third kappa shape index (κ3) is 3.81. The summed E-state index contributed by atoms with van der Waals surface area (Å²) in [5.74, 6) is -2.35. The number of hydrogen-bond acceptors (Lipinski definition) is 6. The van der Waals surface area contributed by atoms with Crippen molar-refractivity contribution in [3.8, 4) is 17.2 Å². The molecule has 1 heterocycles. The molecular weight excluding hydrogens is 395 g/mol. The highest BCUT2D eigenvalue weighted by molar-refractivity contribution is 6.10. The molecule has 2 rings (SSSR count). The van der Waals surface area contributed by atoms with Crippen molar-refractivity contribution in [1.29, 1.82) is 0 Å². The van der Waals surface area contributed by atoms with Crippen molar-refractivity contribution in [3.05, 3.63) is 17.7 Å². The number of alkyl halides is 3. The highest BCUT2D eigenvalue weighted by Crippen LogP contribution is 2.40. The van der Waals surface area contributed by atoms with Crippen LogP contribution in [0.4, 0.5) is 13.2 Å². The first-order chi connectivity index (χ1) is 13.6. The zero-order valence-corrected chi connectivity index (χ0v) is 16.6. The second-order valence-corrected chi connectivity index (χ2v) is 6.19. The van der Waals surface area contributed by atoms with Crippen molar-refractivity contribution in [1.82, 2.24) is 10.2 Å². The van der Waals surface area contributed by atoms with Gasteiger partial charge < -0.3 is 19.5 Å². The fourth-order valence-corrected chi connectivity index (χ4v) is 2.97. The van der Waals surface area contributed by atoms with Gasteiger partial charge in [-0.05, 0) is 25.5 Å². The molecule has 0 radical (unpaired) electrons. The van der Waals surface area contributed by atoms with Crippen LogP contribution in [0.15, 0.2) is 17.1 Å². The third-order valence-corrected chi connectivity index (χ3v) is 4.35. The van der Waals surface area contributed by atoms with Crippen molar-refractivity contribution in [2.45, 2.75) is 32.1 Å². The van der Waals surface area contributed by atoms with E-state index in [-0.39, 0.29) is 35.2 Å². The largest absolute Gasteiger partial charge is 0.493 e. The van der Waals surface area contributed by atoms with E-state index < -0.39 is 23.7 Å². The Morgan fingerprint density at radius 3 is 2.14 bits per heavy atom. The Kier molecular flexibility index (Phi) is 6.29. The summed E-state index contributed by atoms with van der Waals surface area (Å²) in [6, 6.07) is 2.36. The van der Waals surface area contributed by atoms with E-state index in [1.54, 1.807) is 12.2 Å². The predicted octanol–water partition coefficient (Wildman–Crippen LogP) is 2.37. The molecule has 29 heavy (non-hydrogen) atoms. The van der Waals surface area contributed by atoms with Gasteiger partial charge in [0.25, 0.3) is 11.8 Å². The number of hydrogen-bond donors (Lipinski definition) is 1. The highest BCUT2D eigenvalue weighted by atomic mass is 19.4. The van der Waals surface area contributed by atoms with Crippen molar-refractivity contribution >= 4 is 17.6 Å². The van der Waals surface area contributed by atoms with Crippen LogP contribution in [0.3, 0.4) is 0 Å². The number of nitrogens with zero attached hydrogens (tertiary/aromatic N) is 2. The van der Waals surface area contributed by atoms with Gasteiger partial charge in [0.2, 0.25) is 5.75 Å². The second-order valence-electron chi connectivity index (χ2n) is 6.19. The van der Waals surface area contributed by atoms with Crippen LogP contribution < -0.4 is 19.5 Å². The quantitative estimate of drug-likeness (QED) is 0.736. The first kappa shape index (κ1) is 22.3. The number of carbonyl (C=O) groups is 2. The number of amidine groups is 1. The van der Waals surface area contributed by atoms with Gasteiger partial charge in [-0.3, -0.25) is 14.5 Å². The number of aliphatic imine (C=N–C) groups is 1. The lowest BCUT2D eigenvalue weighted by atomic mass is 10.1. The molecule has 0 saturated heterocycles. The number of nitrogens with one attached hydrogen (secondary N) is 1. The van der Waals surface area contributed by atoms with E-state index in [4.69, 9.17) is 14.2 Å². The number of halogens is 3. The van der Waals surface area contributed by atoms with Crippen LogP contribution >= 0.6 is 0 Å². The Bertz CT molecular complexity index is 816. The molecule has 1 unspecified atom stereocenters. The minimum Gasteiger partial charge on any atom is -0.493 e. The first-order valence-electron chi connectivity index (χ1n) is 8.63. The molecule has 0 spiro atoms. The van der Waals surface area contributed by atoms with Gasteiger partial charge in [0, 0.05) is 12.1 Å². The van der Waals surface area contributed by atoms with Crippen LogP contribution in [0.1, 0.15) is 30.6 Å². The van der Waals surface area contributed by atoms with Gasteiger partial charge in [-0.25, -0.2) is 4.99 Å². The minimum absolute atomic E-state index is 0.0477. The van der Waals surface area contributed by atoms with E-state index in [2.05, 4.69) is 4.99 Å². The fourth-order valence-electron chi connectivity index (χ4n) is 2.97. The maximum Gasteiger partial charge on any atom is 0.442 e. The lowest BCUT2D eigenvalue weighted by molar-refractivity contribution is -0.196. The SMILES string of the molecule is CCCN1C(=O)C(NC(=O)c2cc(OC)c(OC)c(OC)c2)(C(F)(F)F)N=C1C. The number of rotatable bonds is 7. The monoisotopic (exact) mass is 417 g/mol. The third-order valence-electron chi connectivity index (χ3n) is 4.35. The highest BCUT2D eigenvalue weighted by Gasteiger charge is 2.66. The Hall–Kier alpha value is -2.98. The summed E-state index contributed by atoms with van der Waals surface area (Å²) in [7, 11) is 3.94. The molecule has 0 saturated carbocycles. The number of benzene rings is 1. The normalized spacial score (nSPS) is 19.1. The maximum atomic E-state index is 13.9. The fraction of sp³-hybridized carbons (Fsp3) is 0.500. The van der Waals surface area contributed by atoms with E-state index >= 15 is 0 Å². The van der Waals surface area contributed by atoms with E-state index in [9.17, 15) is 22.8 Å². The Labute approximate surface area is 165 Å². The van der Waals surface area contributed by atoms with Gasteiger partial charge in [0.15, 0.2) is 11.5 Å². The molecule has 1 N–H and O–H groups in total. The molecule has 0 fully saturated rings. The standard InChI is InChI=1S/C18H22F3N3O5/c1-6-7-24-10(2)22-17(16(24)26,18(19,20)21)23-15(25)11-8-12(27-3)14(29-5)13(9-11)28-4/h8-9H,6-7H2,1-5H3,(H,23,25). The first-order valence-corrected chi connectivity index (χ1v) is 8.63. The molecule has 11 heteroatoms. The minimum atomic E-state index is -5.15. The lowest BCUT2D eigenvalue weighted by Gasteiger charge is -2.29. The summed E-state index contributed by atoms with van der Waals surface area (Å²) < 4.78 is 57.0. The van der Waals surface area contributed by atoms with Crippen LogP contribution in [0.5, 0.6) is 17.2 Å². The van der Waals surface area contributed by atoms with E-state index in [0.717, 1.165) is 4.90 Å². The average Bonchev–Trinajstić information content (AvgIpc) is 2.91. The number of methoxy groups -OCH3 is 3. The number of amides is 2. The summed E-state index contributed by atoms with van der Waals surface area (Å²) in [6.45, 7) is 3.04. The van der Waals surface area contributed by atoms with Gasteiger partial charge in [0.05, 0.1) is 21.3 Å². The topological polar surface area (TPSA) is 89.5 Å². The molecule has 160 valence electrons. The molecule has 1 aromatic rings. The predicted molar refractivity (Wildman–Crippen MR) is 97.5 cm³/mol. The van der Waals surface area contributed by atoms with E-state index in [1.807, 2.05) is 0 Å². The van der Waals surface area contributed by atoms with E-state index in [1.165, 1.54) is 40.4 Å². The van der Waals surface area contributed by atoms with E-state index in [0.29, 0.717) is 6.42 Å². The molecule has 0 aromatic heterocycles. The number of carbonyl (C=O) groups excluding carboxylic acids is 2. The van der Waals surface area contributed by atoms with Crippen molar-refractivity contribution in [2.75, 3.05) is 27.9 Å². The molecule has 1 aliphatic heterocycles. The van der Waals surface area contributed by atoms with Gasteiger partial charge in [-0.15, -0.1) is 0 Å². The summed E-state index contributed by atoms with van der Waals surface area (Å²) >= 11 is 0. The molecule has 8 nitrogen and oxygen atoms in total. The van der Waals surface area contributed by atoms with Gasteiger partial charge in [-0.1, -0.05) is 6.92 Å². The van der Waals surface area contributed by atoms with Crippen LogP contribution in [-0.2, 0) is 4.79 Å². The Morgan fingerprint density at radius 1 is 1.17 bits per heavy atom. The van der Waals surface area contributed by atoms with Crippen LogP contribution in [0, 0.1) is 0 Å². The molecule has 0 aliphatic carbocycles. The second kappa shape index (κ2) is 8.18. The van der Waals surface area contributed by atoms with Gasteiger partial charge in [-0.2, -0.15) is 13.2 Å². The molecular formula is C18H22F3N3O5. The van der Waals surface area contributed by atoms with Crippen LogP contribution in [0.2, 0.25) is 0 Å². The Balaban J connectivity index is 2.50. The smallest absolute Gasteiger partial charge is 0.442 e. The molecule has 0 bridgehead atoms. The molecule has 1 aliphatic rings. The molecule has 1 atom stereocenters. The zero-order valence-electron chi connectivity index (χ0n) is 16.6. The number of ether oxygens (including phenoxy) is 3. The summed E-state index contributed by atoms with van der Waals surface area (Å²) in [5, 5.41) is 1.76. The summed E-state index contributed by atoms with van der Waals surface area (Å²) in [6.07, 6.45) is -4.72. The lowest BCUT2D eigenvalue weighted by Crippen LogP contribution is -2.63. The van der Waals surface area contributed by atoms with Crippen molar-refractivity contribution in [3.63, 3.8) is 0 Å². The zero-order chi connectivity index (χ0) is 22.0. The molecule has 1 aromatic carbocycles. The van der Waals surface area contributed by atoms with Crippen LogP contribution in [0.25, 0.3) is 0 Å². The maximum absolute atomic E-state index is 13.9. The van der Waals surface area contributed by atoms with Crippen molar-refractivity contribution in [2.24, 2.45) is 4.99 Å². The van der Waals surface area contributed by atoms with Crippen molar-refractivity contribution < 1.29 is 37.0 Å². The summed E-state index contributed by atoms with van der Waals surface area (Å²) in [5.41, 5.74) is -3.62. The van der Waals surface area contributed by atoms with Gasteiger partial charge in [0.1, 0.15) is 5.84 Å². The van der Waals surface area contributed by atoms with Crippen LogP contribution in [-0.4, -0.2) is 62.3 Å². The average molecular weight is 417 g/mol. The summed E-state index contributed by atoms with van der Waals surface area (Å²) in [4.78, 5) is 29.7. The Morgan fingerprint density at radius 2 is 1.72 bits per heavy atom. The van der Waals surface area contributed by atoms with Gasteiger partial charge >= 0.3 is 11.8 Å².